The van der Waals surface area contributed by atoms with Crippen molar-refractivity contribution in [3.63, 3.8) is 0 Å². The lowest BCUT2D eigenvalue weighted by atomic mass is 10.1. The third-order valence-corrected chi connectivity index (χ3v) is 3.93. The highest BCUT2D eigenvalue weighted by atomic mass is 16.5. The molecule has 0 aliphatic rings. The summed E-state index contributed by atoms with van der Waals surface area (Å²) in [6, 6.07) is 5.52. The first-order valence-electron chi connectivity index (χ1n) is 8.22. The Labute approximate surface area is 151 Å². The smallest absolute Gasteiger partial charge is 0.213 e. The minimum Gasteiger partial charge on any atom is -0.488 e. The Morgan fingerprint density at radius 3 is 2.81 bits per heavy atom. The number of aromatic nitrogens is 4. The highest BCUT2D eigenvalue weighted by Crippen LogP contribution is 2.31. The van der Waals surface area contributed by atoms with Gasteiger partial charge in [0.1, 0.15) is 12.4 Å². The van der Waals surface area contributed by atoms with Crippen LogP contribution in [0.2, 0.25) is 0 Å². The minimum absolute atomic E-state index is 0.206. The number of rotatable bonds is 7. The van der Waals surface area contributed by atoms with Crippen LogP contribution in [-0.2, 0) is 6.61 Å². The van der Waals surface area contributed by atoms with Gasteiger partial charge in [0.05, 0.1) is 18.4 Å². The van der Waals surface area contributed by atoms with Crippen molar-refractivity contribution in [1.29, 1.82) is 0 Å². The van der Waals surface area contributed by atoms with Crippen LogP contribution < -0.4 is 9.47 Å². The van der Waals surface area contributed by atoms with Crippen LogP contribution in [0.4, 0.5) is 0 Å². The third kappa shape index (κ3) is 3.56. The molecule has 0 saturated heterocycles. The summed E-state index contributed by atoms with van der Waals surface area (Å²) in [6.45, 7) is 4.33. The van der Waals surface area contributed by atoms with E-state index in [0.29, 0.717) is 22.8 Å². The van der Waals surface area contributed by atoms with Crippen molar-refractivity contribution in [2.24, 2.45) is 0 Å². The SMILES string of the molecule is COc1cc(C=O)c(COc2ccncc2-c2ccnn2C(C)C)cn1. The molecule has 0 aliphatic heterocycles. The topological polar surface area (TPSA) is 79.1 Å². The third-order valence-electron chi connectivity index (χ3n) is 3.93. The number of hydrogen-bond acceptors (Lipinski definition) is 6. The second-order valence-corrected chi connectivity index (χ2v) is 5.96. The molecule has 3 aromatic heterocycles. The average molecular weight is 352 g/mol. The molecule has 7 nitrogen and oxygen atoms in total. The first-order valence-corrected chi connectivity index (χ1v) is 8.22. The van der Waals surface area contributed by atoms with Crippen LogP contribution >= 0.6 is 0 Å². The van der Waals surface area contributed by atoms with E-state index in [9.17, 15) is 4.79 Å². The number of nitrogens with zero attached hydrogens (tertiary/aromatic N) is 4. The molecular weight excluding hydrogens is 332 g/mol. The van der Waals surface area contributed by atoms with E-state index in [-0.39, 0.29) is 12.6 Å². The number of carbonyl (C=O) groups is 1. The second kappa shape index (κ2) is 7.77. The number of carbonyl (C=O) groups excluding carboxylic acids is 1. The molecule has 0 unspecified atom stereocenters. The fourth-order valence-corrected chi connectivity index (χ4v) is 2.62. The van der Waals surface area contributed by atoms with Crippen molar-refractivity contribution in [2.75, 3.05) is 7.11 Å². The van der Waals surface area contributed by atoms with E-state index >= 15 is 0 Å². The number of aldehydes is 1. The molecule has 0 bridgehead atoms. The van der Waals surface area contributed by atoms with Crippen molar-refractivity contribution in [3.05, 3.63) is 54.1 Å². The summed E-state index contributed by atoms with van der Waals surface area (Å²) in [5.41, 5.74) is 2.93. The van der Waals surface area contributed by atoms with Crippen molar-refractivity contribution in [3.8, 4) is 22.9 Å². The fourth-order valence-electron chi connectivity index (χ4n) is 2.62. The highest BCUT2D eigenvalue weighted by molar-refractivity contribution is 5.77. The average Bonchev–Trinajstić information content (AvgIpc) is 3.16. The van der Waals surface area contributed by atoms with Gasteiger partial charge in [0.25, 0.3) is 0 Å². The van der Waals surface area contributed by atoms with Gasteiger partial charge in [-0.25, -0.2) is 4.98 Å². The van der Waals surface area contributed by atoms with Gasteiger partial charge in [-0.15, -0.1) is 0 Å². The molecule has 26 heavy (non-hydrogen) atoms. The first kappa shape index (κ1) is 17.6. The predicted molar refractivity (Wildman–Crippen MR) is 96.4 cm³/mol. The Morgan fingerprint density at radius 1 is 1.23 bits per heavy atom. The fraction of sp³-hybridized carbons (Fsp3) is 0.263. The molecule has 0 atom stereocenters. The van der Waals surface area contributed by atoms with Crippen LogP contribution in [0.15, 0.2) is 43.0 Å². The van der Waals surface area contributed by atoms with E-state index in [1.807, 2.05) is 10.7 Å². The minimum atomic E-state index is 0.206. The Kier molecular flexibility index (Phi) is 5.26. The molecule has 0 spiro atoms. The van der Waals surface area contributed by atoms with Gasteiger partial charge in [-0.3, -0.25) is 14.5 Å². The van der Waals surface area contributed by atoms with Gasteiger partial charge >= 0.3 is 0 Å². The van der Waals surface area contributed by atoms with Gasteiger partial charge in [-0.1, -0.05) is 0 Å². The lowest BCUT2D eigenvalue weighted by Crippen LogP contribution is -2.06. The maximum atomic E-state index is 11.3. The Morgan fingerprint density at radius 2 is 2.08 bits per heavy atom. The zero-order valence-corrected chi connectivity index (χ0v) is 14.9. The second-order valence-electron chi connectivity index (χ2n) is 5.96. The quantitative estimate of drug-likeness (QED) is 0.607. The Balaban J connectivity index is 1.88. The maximum absolute atomic E-state index is 11.3. The lowest BCUT2D eigenvalue weighted by molar-refractivity contribution is 0.112. The van der Waals surface area contributed by atoms with E-state index in [2.05, 4.69) is 28.9 Å². The zero-order chi connectivity index (χ0) is 18.5. The summed E-state index contributed by atoms with van der Waals surface area (Å²) in [5, 5.41) is 4.36. The summed E-state index contributed by atoms with van der Waals surface area (Å²) in [4.78, 5) is 19.7. The highest BCUT2D eigenvalue weighted by Gasteiger charge is 2.14. The van der Waals surface area contributed by atoms with Crippen LogP contribution in [0, 0.1) is 0 Å². The summed E-state index contributed by atoms with van der Waals surface area (Å²) in [5.74, 6) is 1.05. The monoisotopic (exact) mass is 352 g/mol. The molecule has 0 aliphatic carbocycles. The van der Waals surface area contributed by atoms with Gasteiger partial charge in [-0.2, -0.15) is 5.10 Å². The molecule has 3 aromatic rings. The van der Waals surface area contributed by atoms with Crippen LogP contribution in [0.25, 0.3) is 11.3 Å². The number of hydrogen-bond donors (Lipinski definition) is 0. The Hall–Kier alpha value is -3.22. The number of pyridine rings is 2. The van der Waals surface area contributed by atoms with E-state index in [1.165, 1.54) is 7.11 Å². The van der Waals surface area contributed by atoms with Crippen molar-refractivity contribution < 1.29 is 14.3 Å². The summed E-state index contributed by atoms with van der Waals surface area (Å²) in [6.07, 6.45) is 7.52. The molecule has 7 heteroatoms. The Bertz CT molecular complexity index is 905. The molecule has 0 radical (unpaired) electrons. The maximum Gasteiger partial charge on any atom is 0.213 e. The molecule has 0 amide bonds. The molecule has 0 N–H and O–H groups in total. The van der Waals surface area contributed by atoms with E-state index in [1.54, 1.807) is 36.9 Å². The van der Waals surface area contributed by atoms with Gasteiger partial charge < -0.3 is 9.47 Å². The van der Waals surface area contributed by atoms with Crippen molar-refractivity contribution in [2.45, 2.75) is 26.5 Å². The van der Waals surface area contributed by atoms with Crippen LogP contribution in [-0.4, -0.2) is 33.1 Å². The van der Waals surface area contributed by atoms with Crippen LogP contribution in [0.3, 0.4) is 0 Å². The lowest BCUT2D eigenvalue weighted by Gasteiger charge is -2.15. The number of methoxy groups -OCH3 is 1. The molecule has 3 heterocycles. The first-order chi connectivity index (χ1) is 12.6. The van der Waals surface area contributed by atoms with Crippen LogP contribution in [0.1, 0.15) is 35.8 Å². The number of ether oxygens (including phenoxy) is 2. The molecule has 0 aromatic carbocycles. The van der Waals surface area contributed by atoms with Gasteiger partial charge in [-0.05, 0) is 26.0 Å². The van der Waals surface area contributed by atoms with Crippen molar-refractivity contribution in [1.82, 2.24) is 19.7 Å². The van der Waals surface area contributed by atoms with Crippen molar-refractivity contribution >= 4 is 6.29 Å². The molecule has 134 valence electrons. The predicted octanol–water partition coefficient (Wildman–Crippen LogP) is 3.32. The van der Waals surface area contributed by atoms with E-state index < -0.39 is 0 Å². The normalized spacial score (nSPS) is 10.8. The van der Waals surface area contributed by atoms with Gasteiger partial charge in [0.15, 0.2) is 6.29 Å². The van der Waals surface area contributed by atoms with E-state index in [0.717, 1.165) is 17.5 Å². The zero-order valence-electron chi connectivity index (χ0n) is 14.9. The van der Waals surface area contributed by atoms with Gasteiger partial charge in [0, 0.05) is 48.0 Å². The summed E-state index contributed by atoms with van der Waals surface area (Å²) in [7, 11) is 1.51. The summed E-state index contributed by atoms with van der Waals surface area (Å²) < 4.78 is 12.9. The summed E-state index contributed by atoms with van der Waals surface area (Å²) >= 11 is 0. The largest absolute Gasteiger partial charge is 0.488 e. The molecular formula is C19H20N4O3. The molecule has 0 saturated carbocycles. The van der Waals surface area contributed by atoms with Gasteiger partial charge in [0.2, 0.25) is 5.88 Å². The van der Waals surface area contributed by atoms with Crippen LogP contribution in [0.5, 0.6) is 11.6 Å². The standard InChI is InChI=1S/C19H20N4O3/c1-13(2)23-17(4-7-22-23)16-10-20-6-5-18(16)26-12-15-9-21-19(25-3)8-14(15)11-24/h4-11,13H,12H2,1-3H3. The van der Waals surface area contributed by atoms with E-state index in [4.69, 9.17) is 9.47 Å². The molecule has 0 fully saturated rings. The molecule has 3 rings (SSSR count).